The molecule has 9 heteroatoms. The van der Waals surface area contributed by atoms with E-state index in [-0.39, 0.29) is 17.9 Å². The fourth-order valence-corrected chi connectivity index (χ4v) is 3.61. The van der Waals surface area contributed by atoms with Crippen LogP contribution in [-0.2, 0) is 11.4 Å². The highest BCUT2D eigenvalue weighted by atomic mass is 127. The van der Waals surface area contributed by atoms with Gasteiger partial charge in [-0.15, -0.1) is 0 Å². The maximum absolute atomic E-state index is 12.4. The molecule has 0 saturated heterocycles. The third-order valence-electron chi connectivity index (χ3n) is 4.23. The average Bonchev–Trinajstić information content (AvgIpc) is 2.77. The molecule has 0 aliphatic heterocycles. The third-order valence-corrected chi connectivity index (χ3v) is 5.31. The maximum atomic E-state index is 12.4. The van der Waals surface area contributed by atoms with Crippen molar-refractivity contribution in [1.82, 2.24) is 0 Å². The Bertz CT molecular complexity index is 1250. The van der Waals surface area contributed by atoms with Crippen LogP contribution >= 0.6 is 34.2 Å². The van der Waals surface area contributed by atoms with Gasteiger partial charge in [-0.2, -0.15) is 5.26 Å². The Kier molecular flexibility index (Phi) is 7.81. The molecule has 32 heavy (non-hydrogen) atoms. The number of anilines is 1. The number of nitro benzene ring substituents is 1. The van der Waals surface area contributed by atoms with Crippen LogP contribution in [0.25, 0.3) is 6.08 Å². The molecule has 1 amide bonds. The van der Waals surface area contributed by atoms with Crippen LogP contribution in [0.2, 0.25) is 5.02 Å². The number of nitrogens with zero attached hydrogens (tertiary/aromatic N) is 2. The molecular formula is C23H15ClIN3O4. The van der Waals surface area contributed by atoms with Crippen LogP contribution in [0, 0.1) is 25.0 Å². The molecule has 0 aliphatic rings. The summed E-state index contributed by atoms with van der Waals surface area (Å²) >= 11 is 8.00. The molecule has 3 aromatic carbocycles. The molecule has 0 saturated carbocycles. The summed E-state index contributed by atoms with van der Waals surface area (Å²) in [5, 5.41) is 23.4. The van der Waals surface area contributed by atoms with E-state index in [4.69, 9.17) is 16.3 Å². The zero-order chi connectivity index (χ0) is 23.1. The molecule has 0 unspecified atom stereocenters. The first kappa shape index (κ1) is 23.2. The molecule has 0 atom stereocenters. The van der Waals surface area contributed by atoms with E-state index in [9.17, 15) is 20.2 Å². The van der Waals surface area contributed by atoms with E-state index in [0.29, 0.717) is 27.6 Å². The van der Waals surface area contributed by atoms with E-state index in [1.807, 2.05) is 6.07 Å². The fourth-order valence-electron chi connectivity index (χ4n) is 2.72. The van der Waals surface area contributed by atoms with E-state index < -0.39 is 10.8 Å². The molecule has 0 spiro atoms. The second-order valence-corrected chi connectivity index (χ2v) is 8.14. The van der Waals surface area contributed by atoms with Gasteiger partial charge in [0.2, 0.25) is 0 Å². The van der Waals surface area contributed by atoms with Crippen molar-refractivity contribution in [3.8, 4) is 11.8 Å². The van der Waals surface area contributed by atoms with Crippen molar-refractivity contribution in [2.24, 2.45) is 0 Å². The number of rotatable bonds is 7. The third kappa shape index (κ3) is 6.29. The highest BCUT2D eigenvalue weighted by molar-refractivity contribution is 14.1. The zero-order valence-electron chi connectivity index (χ0n) is 16.4. The van der Waals surface area contributed by atoms with E-state index in [0.717, 1.165) is 3.57 Å². The summed E-state index contributed by atoms with van der Waals surface area (Å²) in [6, 6.07) is 20.0. The first-order valence-electron chi connectivity index (χ1n) is 9.20. The average molecular weight is 560 g/mol. The number of nitrogens with one attached hydrogen (secondary N) is 1. The molecule has 0 fully saturated rings. The minimum atomic E-state index is -0.546. The Hall–Kier alpha value is -3.42. The number of ether oxygens (including phenoxy) is 1. The number of amides is 1. The second-order valence-electron chi connectivity index (χ2n) is 6.54. The zero-order valence-corrected chi connectivity index (χ0v) is 19.3. The van der Waals surface area contributed by atoms with Crippen molar-refractivity contribution in [2.45, 2.75) is 6.61 Å². The first-order chi connectivity index (χ1) is 15.4. The van der Waals surface area contributed by atoms with Crippen molar-refractivity contribution in [3.05, 3.63) is 102 Å². The van der Waals surface area contributed by atoms with Crippen molar-refractivity contribution in [3.63, 3.8) is 0 Å². The predicted molar refractivity (Wildman–Crippen MR) is 130 cm³/mol. The molecule has 160 valence electrons. The molecule has 0 heterocycles. The van der Waals surface area contributed by atoms with Gasteiger partial charge in [0.25, 0.3) is 11.6 Å². The van der Waals surface area contributed by atoms with Gasteiger partial charge in [-0.1, -0.05) is 35.9 Å². The standard InChI is InChI=1S/C23H15ClIN3O4/c24-18-4-2-5-19(12-18)27-23(29)17(13-26)9-15-7-8-22(21(25)11-15)32-14-16-3-1-6-20(10-16)28(30)31/h1-12H,14H2,(H,27,29)/b17-9+. The fraction of sp³-hybridized carbons (Fsp3) is 0.0435. The van der Waals surface area contributed by atoms with Gasteiger partial charge in [-0.05, 0) is 70.1 Å². The van der Waals surface area contributed by atoms with Gasteiger partial charge in [0.1, 0.15) is 24.0 Å². The number of nitro groups is 1. The smallest absolute Gasteiger partial charge is 0.269 e. The number of halogens is 2. The van der Waals surface area contributed by atoms with Crippen LogP contribution in [-0.4, -0.2) is 10.8 Å². The number of hydrogen-bond acceptors (Lipinski definition) is 5. The van der Waals surface area contributed by atoms with Crippen molar-refractivity contribution in [2.75, 3.05) is 5.32 Å². The summed E-state index contributed by atoms with van der Waals surface area (Å²) in [7, 11) is 0. The van der Waals surface area contributed by atoms with Crippen LogP contribution in [0.3, 0.4) is 0 Å². The molecule has 0 aliphatic carbocycles. The summed E-state index contributed by atoms with van der Waals surface area (Å²) < 4.78 is 6.53. The monoisotopic (exact) mass is 559 g/mol. The van der Waals surface area contributed by atoms with Crippen LogP contribution in [0.5, 0.6) is 5.75 Å². The molecule has 3 rings (SSSR count). The Labute approximate surface area is 202 Å². The van der Waals surface area contributed by atoms with Crippen LogP contribution in [0.1, 0.15) is 11.1 Å². The lowest BCUT2D eigenvalue weighted by Crippen LogP contribution is -2.13. The van der Waals surface area contributed by atoms with Gasteiger partial charge >= 0.3 is 0 Å². The second kappa shape index (κ2) is 10.7. The van der Waals surface area contributed by atoms with E-state index in [1.165, 1.54) is 18.2 Å². The topological polar surface area (TPSA) is 105 Å². The molecule has 3 aromatic rings. The number of non-ortho nitro benzene ring substituents is 1. The molecule has 7 nitrogen and oxygen atoms in total. The minimum Gasteiger partial charge on any atom is -0.488 e. The van der Waals surface area contributed by atoms with Gasteiger partial charge in [-0.25, -0.2) is 0 Å². The van der Waals surface area contributed by atoms with Gasteiger partial charge in [0.05, 0.1) is 8.49 Å². The van der Waals surface area contributed by atoms with Crippen molar-refractivity contribution in [1.29, 1.82) is 5.26 Å². The summed E-state index contributed by atoms with van der Waals surface area (Å²) in [4.78, 5) is 22.9. The summed E-state index contributed by atoms with van der Waals surface area (Å²) in [5.74, 6) is 0.0342. The summed E-state index contributed by atoms with van der Waals surface area (Å²) in [5.41, 5.74) is 1.74. The SMILES string of the molecule is N#C/C(=C\c1ccc(OCc2cccc([N+](=O)[O-])c2)c(I)c1)C(=O)Nc1cccc(Cl)c1. The maximum Gasteiger partial charge on any atom is 0.269 e. The number of hydrogen-bond donors (Lipinski definition) is 1. The number of nitriles is 1. The summed E-state index contributed by atoms with van der Waals surface area (Å²) in [6.07, 6.45) is 1.48. The number of carbonyl (C=O) groups excluding carboxylic acids is 1. The van der Waals surface area contributed by atoms with Crippen LogP contribution < -0.4 is 10.1 Å². The lowest BCUT2D eigenvalue weighted by Gasteiger charge is -2.09. The largest absolute Gasteiger partial charge is 0.488 e. The lowest BCUT2D eigenvalue weighted by atomic mass is 10.1. The van der Waals surface area contributed by atoms with Gasteiger partial charge < -0.3 is 10.1 Å². The van der Waals surface area contributed by atoms with Gasteiger partial charge in [0, 0.05) is 22.8 Å². The predicted octanol–water partition coefficient (Wildman–Crippen LogP) is 5.98. The molecular weight excluding hydrogens is 545 g/mol. The number of carbonyl (C=O) groups is 1. The molecule has 0 bridgehead atoms. The van der Waals surface area contributed by atoms with Crippen LogP contribution in [0.15, 0.2) is 72.3 Å². The molecule has 0 aromatic heterocycles. The lowest BCUT2D eigenvalue weighted by molar-refractivity contribution is -0.384. The Morgan fingerprint density at radius 1 is 1.19 bits per heavy atom. The van der Waals surface area contributed by atoms with Crippen molar-refractivity contribution >= 4 is 57.5 Å². The van der Waals surface area contributed by atoms with E-state index in [1.54, 1.807) is 54.6 Å². The highest BCUT2D eigenvalue weighted by Crippen LogP contribution is 2.25. The minimum absolute atomic E-state index is 0.00126. The first-order valence-corrected chi connectivity index (χ1v) is 10.7. The normalized spacial score (nSPS) is 10.8. The molecule has 1 N–H and O–H groups in total. The Morgan fingerprint density at radius 2 is 1.97 bits per heavy atom. The highest BCUT2D eigenvalue weighted by Gasteiger charge is 2.11. The van der Waals surface area contributed by atoms with Gasteiger partial charge in [-0.3, -0.25) is 14.9 Å². The molecule has 0 radical (unpaired) electrons. The van der Waals surface area contributed by atoms with Crippen molar-refractivity contribution < 1.29 is 14.5 Å². The van der Waals surface area contributed by atoms with Gasteiger partial charge in [0.15, 0.2) is 0 Å². The number of benzene rings is 3. The Balaban J connectivity index is 1.71. The van der Waals surface area contributed by atoms with E-state index in [2.05, 4.69) is 27.9 Å². The van der Waals surface area contributed by atoms with Crippen LogP contribution in [0.4, 0.5) is 11.4 Å². The van der Waals surface area contributed by atoms with E-state index >= 15 is 0 Å². The Morgan fingerprint density at radius 3 is 2.66 bits per heavy atom. The summed E-state index contributed by atoms with van der Waals surface area (Å²) in [6.45, 7) is 0.165. The quantitative estimate of drug-likeness (QED) is 0.126.